The fourth-order valence-electron chi connectivity index (χ4n) is 1.82. The van der Waals surface area contributed by atoms with Crippen LogP contribution in [0.15, 0.2) is 12.2 Å². The number of hydrogen-bond acceptors (Lipinski definition) is 1. The van der Waals surface area contributed by atoms with Crippen molar-refractivity contribution in [2.24, 2.45) is 11.8 Å². The van der Waals surface area contributed by atoms with Crippen LogP contribution in [-0.2, 0) is 4.79 Å². The lowest BCUT2D eigenvalue weighted by molar-refractivity contribution is -0.120. The molecule has 1 aliphatic rings. The number of hydrogen-bond donors (Lipinski definition) is 0. The van der Waals surface area contributed by atoms with Crippen molar-refractivity contribution in [2.45, 2.75) is 39.5 Å². The van der Waals surface area contributed by atoms with Crippen LogP contribution in [0.4, 0.5) is 0 Å². The summed E-state index contributed by atoms with van der Waals surface area (Å²) >= 11 is 0. The van der Waals surface area contributed by atoms with Gasteiger partial charge in [0.25, 0.3) is 0 Å². The molecule has 0 aliphatic heterocycles. The zero-order chi connectivity index (χ0) is 8.97. The van der Waals surface area contributed by atoms with Crippen LogP contribution in [0.5, 0.6) is 0 Å². The van der Waals surface area contributed by atoms with Crippen molar-refractivity contribution in [3.8, 4) is 0 Å². The third-order valence-corrected chi connectivity index (χ3v) is 2.71. The summed E-state index contributed by atoms with van der Waals surface area (Å²) in [5.41, 5.74) is 0. The average molecular weight is 166 g/mol. The maximum absolute atomic E-state index is 11.4. The Bertz CT molecular complexity index is 181. The van der Waals surface area contributed by atoms with E-state index in [-0.39, 0.29) is 0 Å². The highest BCUT2D eigenvalue weighted by molar-refractivity contribution is 5.92. The van der Waals surface area contributed by atoms with Crippen LogP contribution in [0.1, 0.15) is 39.5 Å². The van der Waals surface area contributed by atoms with E-state index in [1.807, 2.05) is 6.08 Å². The minimum absolute atomic E-state index is 0.315. The summed E-state index contributed by atoms with van der Waals surface area (Å²) in [6.45, 7) is 4.36. The van der Waals surface area contributed by atoms with Gasteiger partial charge in [-0.3, -0.25) is 4.79 Å². The van der Waals surface area contributed by atoms with Crippen LogP contribution in [0.25, 0.3) is 0 Å². The lowest BCUT2D eigenvalue weighted by atomic mass is 9.80. The predicted molar refractivity (Wildman–Crippen MR) is 50.9 cm³/mol. The molecule has 0 spiro atoms. The standard InChI is InChI=1S/C11H18O/c1-3-4-7-10-9(2)6-5-8-11(10)12/h5,8-10H,3-4,6-7H2,1-2H3/t9-,10+/m1/s1. The van der Waals surface area contributed by atoms with Crippen molar-refractivity contribution < 1.29 is 4.79 Å². The molecule has 1 heteroatoms. The lowest BCUT2D eigenvalue weighted by Crippen LogP contribution is -2.23. The fourth-order valence-corrected chi connectivity index (χ4v) is 1.82. The van der Waals surface area contributed by atoms with Gasteiger partial charge < -0.3 is 0 Å². The van der Waals surface area contributed by atoms with Crippen molar-refractivity contribution in [1.29, 1.82) is 0 Å². The van der Waals surface area contributed by atoms with Crippen LogP contribution in [0, 0.1) is 11.8 Å². The maximum atomic E-state index is 11.4. The van der Waals surface area contributed by atoms with Crippen molar-refractivity contribution in [3.63, 3.8) is 0 Å². The van der Waals surface area contributed by atoms with E-state index in [4.69, 9.17) is 0 Å². The van der Waals surface area contributed by atoms with E-state index in [0.29, 0.717) is 17.6 Å². The van der Waals surface area contributed by atoms with Crippen molar-refractivity contribution in [3.05, 3.63) is 12.2 Å². The number of allylic oxidation sites excluding steroid dienone is 2. The molecule has 0 heterocycles. The summed E-state index contributed by atoms with van der Waals surface area (Å²) < 4.78 is 0. The quantitative estimate of drug-likeness (QED) is 0.630. The Labute approximate surface area is 74.9 Å². The zero-order valence-corrected chi connectivity index (χ0v) is 8.05. The minimum Gasteiger partial charge on any atom is -0.295 e. The monoisotopic (exact) mass is 166 g/mol. The molecule has 0 unspecified atom stereocenters. The Hall–Kier alpha value is -0.590. The van der Waals surface area contributed by atoms with E-state index in [0.717, 1.165) is 12.8 Å². The molecule has 0 radical (unpaired) electrons. The Kier molecular flexibility index (Phi) is 3.51. The van der Waals surface area contributed by atoms with Crippen molar-refractivity contribution in [2.75, 3.05) is 0 Å². The highest BCUT2D eigenvalue weighted by atomic mass is 16.1. The molecule has 0 amide bonds. The normalized spacial score (nSPS) is 29.3. The topological polar surface area (TPSA) is 17.1 Å². The molecule has 0 N–H and O–H groups in total. The van der Waals surface area contributed by atoms with Gasteiger partial charge in [-0.2, -0.15) is 0 Å². The smallest absolute Gasteiger partial charge is 0.158 e. The second kappa shape index (κ2) is 4.44. The Morgan fingerprint density at radius 3 is 2.92 bits per heavy atom. The van der Waals surface area contributed by atoms with Crippen LogP contribution in [0.3, 0.4) is 0 Å². The molecule has 0 fully saturated rings. The number of rotatable bonds is 3. The summed E-state index contributed by atoms with van der Waals surface area (Å²) in [6.07, 6.45) is 8.32. The van der Waals surface area contributed by atoms with Gasteiger partial charge in [-0.05, 0) is 24.8 Å². The van der Waals surface area contributed by atoms with E-state index in [2.05, 4.69) is 13.8 Å². The second-order valence-electron chi connectivity index (χ2n) is 3.77. The van der Waals surface area contributed by atoms with Gasteiger partial charge in [-0.25, -0.2) is 0 Å². The number of carbonyl (C=O) groups is 1. The van der Waals surface area contributed by atoms with E-state index < -0.39 is 0 Å². The summed E-state index contributed by atoms with van der Waals surface area (Å²) in [5, 5.41) is 0. The number of ketones is 1. The second-order valence-corrected chi connectivity index (χ2v) is 3.77. The molecule has 0 saturated heterocycles. The first-order chi connectivity index (χ1) is 5.75. The summed E-state index contributed by atoms with van der Waals surface area (Å²) in [6, 6.07) is 0. The molecule has 12 heavy (non-hydrogen) atoms. The molecule has 0 saturated carbocycles. The molecular weight excluding hydrogens is 148 g/mol. The Balaban J connectivity index is 2.48. The van der Waals surface area contributed by atoms with Gasteiger partial charge in [-0.1, -0.05) is 32.8 Å². The Morgan fingerprint density at radius 1 is 1.58 bits per heavy atom. The largest absolute Gasteiger partial charge is 0.295 e. The first-order valence-electron chi connectivity index (χ1n) is 4.96. The van der Waals surface area contributed by atoms with Crippen LogP contribution in [-0.4, -0.2) is 5.78 Å². The van der Waals surface area contributed by atoms with Crippen molar-refractivity contribution >= 4 is 5.78 Å². The first kappa shape index (κ1) is 9.50. The highest BCUT2D eigenvalue weighted by Crippen LogP contribution is 2.26. The third kappa shape index (κ3) is 2.20. The molecule has 0 aromatic rings. The summed E-state index contributed by atoms with van der Waals surface area (Å²) in [7, 11) is 0. The Morgan fingerprint density at radius 2 is 2.33 bits per heavy atom. The lowest BCUT2D eigenvalue weighted by Gasteiger charge is -2.23. The molecule has 2 atom stereocenters. The molecule has 0 bridgehead atoms. The van der Waals surface area contributed by atoms with E-state index in [1.54, 1.807) is 6.08 Å². The number of unbranched alkanes of at least 4 members (excludes halogenated alkanes) is 1. The fraction of sp³-hybridized carbons (Fsp3) is 0.727. The third-order valence-electron chi connectivity index (χ3n) is 2.71. The zero-order valence-electron chi connectivity index (χ0n) is 8.05. The highest BCUT2D eigenvalue weighted by Gasteiger charge is 2.24. The summed E-state index contributed by atoms with van der Waals surface area (Å²) in [4.78, 5) is 11.4. The average Bonchev–Trinajstić information content (AvgIpc) is 2.04. The van der Waals surface area contributed by atoms with Gasteiger partial charge in [0.15, 0.2) is 5.78 Å². The van der Waals surface area contributed by atoms with E-state index in [1.165, 1.54) is 12.8 Å². The molecule has 1 aliphatic carbocycles. The molecule has 68 valence electrons. The molecular formula is C11H18O. The molecule has 0 aromatic heterocycles. The van der Waals surface area contributed by atoms with Gasteiger partial charge in [0, 0.05) is 5.92 Å². The minimum atomic E-state index is 0.315. The predicted octanol–water partition coefficient (Wildman–Crippen LogP) is 2.96. The van der Waals surface area contributed by atoms with Crippen molar-refractivity contribution in [1.82, 2.24) is 0 Å². The number of carbonyl (C=O) groups excluding carboxylic acids is 1. The maximum Gasteiger partial charge on any atom is 0.158 e. The van der Waals surface area contributed by atoms with Gasteiger partial charge in [0.05, 0.1) is 0 Å². The summed E-state index contributed by atoms with van der Waals surface area (Å²) in [5.74, 6) is 1.23. The van der Waals surface area contributed by atoms with Gasteiger partial charge in [0.2, 0.25) is 0 Å². The van der Waals surface area contributed by atoms with Crippen LogP contribution < -0.4 is 0 Å². The van der Waals surface area contributed by atoms with Crippen LogP contribution >= 0.6 is 0 Å². The SMILES string of the molecule is CCCC[C@@H]1C(=O)C=CC[C@H]1C. The van der Waals surface area contributed by atoms with Gasteiger partial charge in [0.1, 0.15) is 0 Å². The van der Waals surface area contributed by atoms with E-state index in [9.17, 15) is 4.79 Å². The van der Waals surface area contributed by atoms with E-state index >= 15 is 0 Å². The molecule has 0 aromatic carbocycles. The van der Waals surface area contributed by atoms with Gasteiger partial charge in [-0.15, -0.1) is 0 Å². The molecule has 1 rings (SSSR count). The van der Waals surface area contributed by atoms with Crippen LogP contribution in [0.2, 0.25) is 0 Å². The molecule has 1 nitrogen and oxygen atoms in total. The van der Waals surface area contributed by atoms with Gasteiger partial charge >= 0.3 is 0 Å². The first-order valence-corrected chi connectivity index (χ1v) is 4.96.